The first-order valence-electron chi connectivity index (χ1n) is 5.57. The van der Waals surface area contributed by atoms with Crippen molar-refractivity contribution in [3.8, 4) is 0 Å². The fourth-order valence-corrected chi connectivity index (χ4v) is 5.61. The van der Waals surface area contributed by atoms with Crippen molar-refractivity contribution in [1.82, 2.24) is 4.31 Å². The molecule has 1 aliphatic heterocycles. The van der Waals surface area contributed by atoms with Gasteiger partial charge in [0.15, 0.2) is 9.84 Å². The first-order valence-corrected chi connectivity index (χ1v) is 9.00. The molecule has 1 saturated heterocycles. The monoisotopic (exact) mass is 267 g/mol. The molecular formula is C9H17NO4S2. The summed E-state index contributed by atoms with van der Waals surface area (Å²) >= 11 is 0. The van der Waals surface area contributed by atoms with Gasteiger partial charge in [0.05, 0.1) is 17.3 Å². The highest BCUT2D eigenvalue weighted by molar-refractivity contribution is 7.92. The Morgan fingerprint density at radius 2 is 1.81 bits per heavy atom. The molecule has 1 heterocycles. The minimum atomic E-state index is -3.26. The van der Waals surface area contributed by atoms with E-state index in [0.29, 0.717) is 6.42 Å². The van der Waals surface area contributed by atoms with Crippen molar-refractivity contribution in [1.29, 1.82) is 0 Å². The Bertz CT molecular complexity index is 464. The highest BCUT2D eigenvalue weighted by Gasteiger charge is 2.44. The molecule has 2 rings (SSSR count). The zero-order valence-corrected chi connectivity index (χ0v) is 10.9. The predicted molar refractivity (Wildman–Crippen MR) is 61.4 cm³/mol. The first-order chi connectivity index (χ1) is 7.36. The Hall–Kier alpha value is -0.140. The second-order valence-corrected chi connectivity index (χ2v) is 8.91. The van der Waals surface area contributed by atoms with E-state index in [-0.39, 0.29) is 29.3 Å². The van der Waals surface area contributed by atoms with Crippen molar-refractivity contribution in [3.63, 3.8) is 0 Å². The number of rotatable bonds is 4. The van der Waals surface area contributed by atoms with Crippen LogP contribution in [-0.4, -0.2) is 50.5 Å². The SMILES string of the molecule is CCS(=O)(=O)N(C1CC1)C1CCS(=O)(=O)C1. The van der Waals surface area contributed by atoms with Gasteiger partial charge in [0.2, 0.25) is 10.0 Å². The molecule has 0 bridgehead atoms. The van der Waals surface area contributed by atoms with Crippen LogP contribution in [0.2, 0.25) is 0 Å². The third-order valence-electron chi connectivity index (χ3n) is 3.16. The molecule has 0 aromatic heterocycles. The lowest BCUT2D eigenvalue weighted by Gasteiger charge is -2.26. The van der Waals surface area contributed by atoms with Gasteiger partial charge in [0.1, 0.15) is 0 Å². The fourth-order valence-electron chi connectivity index (χ4n) is 2.21. The number of hydrogen-bond acceptors (Lipinski definition) is 4. The van der Waals surface area contributed by atoms with E-state index in [0.717, 1.165) is 12.8 Å². The lowest BCUT2D eigenvalue weighted by Crippen LogP contribution is -2.43. The van der Waals surface area contributed by atoms with Gasteiger partial charge < -0.3 is 0 Å². The molecule has 1 unspecified atom stereocenters. The summed E-state index contributed by atoms with van der Waals surface area (Å²) in [7, 11) is -6.28. The van der Waals surface area contributed by atoms with Gasteiger partial charge in [-0.15, -0.1) is 0 Å². The van der Waals surface area contributed by atoms with Gasteiger partial charge in [-0.25, -0.2) is 16.8 Å². The van der Waals surface area contributed by atoms with E-state index in [9.17, 15) is 16.8 Å². The van der Waals surface area contributed by atoms with Gasteiger partial charge in [-0.05, 0) is 26.2 Å². The Labute approximate surface area is 96.8 Å². The average Bonchev–Trinajstić information content (AvgIpc) is 2.92. The van der Waals surface area contributed by atoms with Crippen LogP contribution in [0.3, 0.4) is 0 Å². The minimum absolute atomic E-state index is 0.00271. The largest absolute Gasteiger partial charge is 0.229 e. The van der Waals surface area contributed by atoms with E-state index >= 15 is 0 Å². The van der Waals surface area contributed by atoms with Crippen LogP contribution in [0.1, 0.15) is 26.2 Å². The third-order valence-corrected chi connectivity index (χ3v) is 6.88. The van der Waals surface area contributed by atoms with Crippen LogP contribution in [0.25, 0.3) is 0 Å². The molecule has 0 radical (unpaired) electrons. The molecule has 16 heavy (non-hydrogen) atoms. The Morgan fingerprint density at radius 3 is 2.19 bits per heavy atom. The molecule has 1 atom stereocenters. The third kappa shape index (κ3) is 2.41. The Balaban J connectivity index is 2.22. The second-order valence-electron chi connectivity index (χ2n) is 4.52. The number of sulfonamides is 1. The van der Waals surface area contributed by atoms with Gasteiger partial charge in [-0.3, -0.25) is 0 Å². The van der Waals surface area contributed by atoms with Crippen LogP contribution in [0.5, 0.6) is 0 Å². The van der Waals surface area contributed by atoms with Gasteiger partial charge in [0.25, 0.3) is 0 Å². The molecule has 2 fully saturated rings. The van der Waals surface area contributed by atoms with Crippen molar-refractivity contribution in [2.24, 2.45) is 0 Å². The average molecular weight is 267 g/mol. The van der Waals surface area contributed by atoms with Gasteiger partial charge >= 0.3 is 0 Å². The highest BCUT2D eigenvalue weighted by atomic mass is 32.2. The standard InChI is InChI=1S/C9H17NO4S2/c1-2-16(13,14)10(8-3-4-8)9-5-6-15(11,12)7-9/h8-9H,2-7H2,1H3. The van der Waals surface area contributed by atoms with Crippen molar-refractivity contribution < 1.29 is 16.8 Å². The Kier molecular flexibility index (Phi) is 3.05. The highest BCUT2D eigenvalue weighted by Crippen LogP contribution is 2.34. The summed E-state index contributed by atoms with van der Waals surface area (Å²) in [6, 6.07) is -0.259. The van der Waals surface area contributed by atoms with Gasteiger partial charge in [-0.1, -0.05) is 0 Å². The summed E-state index contributed by atoms with van der Waals surface area (Å²) in [5.41, 5.74) is 0. The van der Waals surface area contributed by atoms with Gasteiger partial charge in [-0.2, -0.15) is 4.31 Å². The van der Waals surface area contributed by atoms with Crippen LogP contribution >= 0.6 is 0 Å². The maximum absolute atomic E-state index is 11.9. The molecule has 94 valence electrons. The summed E-state index contributed by atoms with van der Waals surface area (Å²) in [5, 5.41) is 0. The molecule has 0 N–H and O–H groups in total. The number of nitrogens with zero attached hydrogens (tertiary/aromatic N) is 1. The van der Waals surface area contributed by atoms with E-state index in [2.05, 4.69) is 0 Å². The van der Waals surface area contributed by atoms with Crippen LogP contribution in [0.15, 0.2) is 0 Å². The zero-order chi connectivity index (χ0) is 12.0. The molecule has 1 aliphatic carbocycles. The van der Waals surface area contributed by atoms with Crippen LogP contribution in [-0.2, 0) is 19.9 Å². The Morgan fingerprint density at radius 1 is 1.19 bits per heavy atom. The minimum Gasteiger partial charge on any atom is -0.229 e. The van der Waals surface area contributed by atoms with Gasteiger partial charge in [0, 0.05) is 12.1 Å². The lowest BCUT2D eigenvalue weighted by atomic mass is 10.2. The summed E-state index contributed by atoms with van der Waals surface area (Å²) in [4.78, 5) is 0. The summed E-state index contributed by atoms with van der Waals surface area (Å²) in [6.45, 7) is 1.61. The molecule has 7 heteroatoms. The van der Waals surface area contributed by atoms with Crippen molar-refractivity contribution in [3.05, 3.63) is 0 Å². The van der Waals surface area contributed by atoms with Crippen LogP contribution < -0.4 is 0 Å². The van der Waals surface area contributed by atoms with E-state index in [1.54, 1.807) is 6.92 Å². The molecule has 5 nitrogen and oxygen atoms in total. The van der Waals surface area contributed by atoms with E-state index in [1.807, 2.05) is 0 Å². The smallest absolute Gasteiger partial charge is 0.214 e. The number of hydrogen-bond donors (Lipinski definition) is 0. The first kappa shape index (κ1) is 12.3. The molecule has 1 saturated carbocycles. The van der Waals surface area contributed by atoms with Crippen molar-refractivity contribution in [2.75, 3.05) is 17.3 Å². The molecule has 0 aromatic carbocycles. The predicted octanol–water partition coefficient (Wildman–Crippen LogP) is -0.0124. The molecular weight excluding hydrogens is 250 g/mol. The van der Waals surface area contributed by atoms with E-state index in [1.165, 1.54) is 4.31 Å². The normalized spacial score (nSPS) is 29.8. The van der Waals surface area contributed by atoms with Crippen molar-refractivity contribution >= 4 is 19.9 Å². The van der Waals surface area contributed by atoms with E-state index in [4.69, 9.17) is 0 Å². The quantitative estimate of drug-likeness (QED) is 0.718. The summed E-state index contributed by atoms with van der Waals surface area (Å²) < 4.78 is 48.1. The fraction of sp³-hybridized carbons (Fsp3) is 1.00. The summed E-state index contributed by atoms with van der Waals surface area (Å²) in [5.74, 6) is 0.183. The van der Waals surface area contributed by atoms with Crippen molar-refractivity contribution in [2.45, 2.75) is 38.3 Å². The maximum Gasteiger partial charge on any atom is 0.214 e. The molecule has 0 spiro atoms. The molecule has 2 aliphatic rings. The second kappa shape index (κ2) is 3.96. The molecule has 0 aromatic rings. The van der Waals surface area contributed by atoms with E-state index < -0.39 is 19.9 Å². The topological polar surface area (TPSA) is 71.5 Å². The maximum atomic E-state index is 11.9. The zero-order valence-electron chi connectivity index (χ0n) is 9.29. The molecule has 0 amide bonds. The lowest BCUT2D eigenvalue weighted by molar-refractivity contribution is 0.333. The summed E-state index contributed by atoms with van der Waals surface area (Å²) in [6.07, 6.45) is 2.20. The van der Waals surface area contributed by atoms with Crippen LogP contribution in [0.4, 0.5) is 0 Å². The number of sulfone groups is 1. The van der Waals surface area contributed by atoms with Crippen LogP contribution in [0, 0.1) is 0 Å².